The summed E-state index contributed by atoms with van der Waals surface area (Å²) in [5, 5.41) is 3.32. The fourth-order valence-corrected chi connectivity index (χ4v) is 1.34. The van der Waals surface area contributed by atoms with Gasteiger partial charge < -0.3 is 0 Å². The highest BCUT2D eigenvalue weighted by molar-refractivity contribution is 5.63. The van der Waals surface area contributed by atoms with Gasteiger partial charge in [-0.3, -0.25) is 10.3 Å². The van der Waals surface area contributed by atoms with Crippen molar-refractivity contribution in [3.8, 4) is 0 Å². The van der Waals surface area contributed by atoms with Crippen molar-refractivity contribution in [3.05, 3.63) is 0 Å². The Morgan fingerprint density at radius 2 is 2.50 bits per heavy atom. The van der Waals surface area contributed by atoms with Crippen molar-refractivity contribution in [3.63, 3.8) is 0 Å². The topological polar surface area (TPSA) is 24.4 Å². The highest BCUT2D eigenvalue weighted by Gasteiger charge is 2.22. The molecule has 2 bridgehead atoms. The first-order valence-electron chi connectivity index (χ1n) is 3.22. The minimum absolute atomic E-state index is 0.472. The molecular formula is C6H10N2. The summed E-state index contributed by atoms with van der Waals surface area (Å²) in [7, 11) is 0. The van der Waals surface area contributed by atoms with Crippen LogP contribution >= 0.6 is 0 Å². The lowest BCUT2D eigenvalue weighted by atomic mass is 9.96. The molecule has 2 heteroatoms. The van der Waals surface area contributed by atoms with E-state index in [1.807, 2.05) is 0 Å². The van der Waals surface area contributed by atoms with Crippen LogP contribution in [-0.2, 0) is 0 Å². The number of piperidine rings is 1. The fraction of sp³-hybridized carbons (Fsp3) is 0.833. The fourth-order valence-electron chi connectivity index (χ4n) is 1.34. The first-order valence-corrected chi connectivity index (χ1v) is 3.22. The largest absolute Gasteiger partial charge is 0.295 e. The molecule has 3 heterocycles. The molecule has 3 rings (SSSR count). The van der Waals surface area contributed by atoms with E-state index < -0.39 is 0 Å². The van der Waals surface area contributed by atoms with Gasteiger partial charge in [0.1, 0.15) is 0 Å². The maximum absolute atomic E-state index is 4.26. The van der Waals surface area contributed by atoms with E-state index in [-0.39, 0.29) is 0 Å². The van der Waals surface area contributed by atoms with Crippen molar-refractivity contribution >= 4 is 6.21 Å². The Morgan fingerprint density at radius 3 is 2.62 bits per heavy atom. The van der Waals surface area contributed by atoms with Gasteiger partial charge in [0.25, 0.3) is 0 Å². The van der Waals surface area contributed by atoms with Crippen LogP contribution in [-0.4, -0.2) is 18.9 Å². The lowest BCUT2D eigenvalue weighted by molar-refractivity contribution is 0.350. The Hall–Kier alpha value is -0.370. The normalized spacial score (nSPS) is 43.0. The van der Waals surface area contributed by atoms with Crippen LogP contribution in [0.1, 0.15) is 12.8 Å². The van der Waals surface area contributed by atoms with E-state index in [1.54, 1.807) is 0 Å². The summed E-state index contributed by atoms with van der Waals surface area (Å²) in [6, 6.07) is 0. The Kier molecular flexibility index (Phi) is 0.875. The molecule has 3 aliphatic rings. The van der Waals surface area contributed by atoms with E-state index in [1.165, 1.54) is 12.8 Å². The summed E-state index contributed by atoms with van der Waals surface area (Å²) in [5.74, 6) is 0.750. The average molecular weight is 110 g/mol. The molecule has 1 N–H and O–H groups in total. The highest BCUT2D eigenvalue weighted by Crippen LogP contribution is 2.17. The molecule has 0 aromatic carbocycles. The van der Waals surface area contributed by atoms with Crippen LogP contribution in [0.5, 0.6) is 0 Å². The highest BCUT2D eigenvalue weighted by atomic mass is 15.1. The monoisotopic (exact) mass is 110 g/mol. The van der Waals surface area contributed by atoms with Crippen LogP contribution in [0.25, 0.3) is 0 Å². The zero-order chi connectivity index (χ0) is 5.40. The van der Waals surface area contributed by atoms with E-state index in [4.69, 9.17) is 0 Å². The van der Waals surface area contributed by atoms with E-state index in [0.717, 1.165) is 12.5 Å². The zero-order valence-electron chi connectivity index (χ0n) is 4.80. The molecule has 2 nitrogen and oxygen atoms in total. The molecule has 0 aromatic heterocycles. The van der Waals surface area contributed by atoms with Crippen molar-refractivity contribution < 1.29 is 0 Å². The lowest BCUT2D eigenvalue weighted by Gasteiger charge is -2.30. The summed E-state index contributed by atoms with van der Waals surface area (Å²) in [6.45, 7) is 1.16. The minimum Gasteiger partial charge on any atom is -0.295 e. The van der Waals surface area contributed by atoms with Gasteiger partial charge >= 0.3 is 0 Å². The van der Waals surface area contributed by atoms with Gasteiger partial charge in [0.15, 0.2) is 0 Å². The molecule has 2 atom stereocenters. The van der Waals surface area contributed by atoms with E-state index in [0.29, 0.717) is 6.17 Å². The summed E-state index contributed by atoms with van der Waals surface area (Å²) in [6.07, 6.45) is 5.17. The Balaban J connectivity index is 2.20. The van der Waals surface area contributed by atoms with Gasteiger partial charge in [0.2, 0.25) is 0 Å². The number of nitrogens with zero attached hydrogens (tertiary/aromatic N) is 1. The van der Waals surface area contributed by atoms with Gasteiger partial charge in [0.05, 0.1) is 6.17 Å². The summed E-state index contributed by atoms with van der Waals surface area (Å²) in [4.78, 5) is 4.26. The maximum atomic E-state index is 4.26. The van der Waals surface area contributed by atoms with Crippen LogP contribution in [0.4, 0.5) is 0 Å². The number of hydrogen-bond donors (Lipinski definition) is 1. The predicted octanol–water partition coefficient (Wildman–Crippen LogP) is 0.397. The third kappa shape index (κ3) is 0.564. The second-order valence-corrected chi connectivity index (χ2v) is 2.56. The Bertz CT molecular complexity index is 97.7. The summed E-state index contributed by atoms with van der Waals surface area (Å²) >= 11 is 0. The van der Waals surface area contributed by atoms with Gasteiger partial charge in [-0.2, -0.15) is 0 Å². The van der Waals surface area contributed by atoms with Crippen LogP contribution < -0.4 is 5.32 Å². The molecule has 0 aromatic rings. The van der Waals surface area contributed by atoms with Gasteiger partial charge in [-0.05, 0) is 12.8 Å². The number of aliphatic imine (C=N–C) groups is 1. The molecule has 2 unspecified atom stereocenters. The Labute approximate surface area is 49.0 Å². The summed E-state index contributed by atoms with van der Waals surface area (Å²) < 4.78 is 0. The van der Waals surface area contributed by atoms with Crippen molar-refractivity contribution in [1.29, 1.82) is 0 Å². The third-order valence-electron chi connectivity index (χ3n) is 1.90. The molecule has 0 spiro atoms. The third-order valence-corrected chi connectivity index (χ3v) is 1.90. The standard InChI is InChI=1S/C6H10N2/c1-2-6-7-3-5(1)4-8-6/h3,5-6,8H,1-2,4H2. The molecule has 1 saturated heterocycles. The smallest absolute Gasteiger partial charge is 0.0990 e. The number of rotatable bonds is 0. The van der Waals surface area contributed by atoms with Crippen molar-refractivity contribution in [1.82, 2.24) is 5.32 Å². The van der Waals surface area contributed by atoms with Crippen LogP contribution in [0.3, 0.4) is 0 Å². The molecule has 8 heavy (non-hydrogen) atoms. The minimum atomic E-state index is 0.472. The van der Waals surface area contributed by atoms with E-state index >= 15 is 0 Å². The van der Waals surface area contributed by atoms with Crippen molar-refractivity contribution in [2.75, 3.05) is 6.54 Å². The predicted molar refractivity (Wildman–Crippen MR) is 33.0 cm³/mol. The van der Waals surface area contributed by atoms with Crippen molar-refractivity contribution in [2.24, 2.45) is 10.9 Å². The molecule has 1 fully saturated rings. The second-order valence-electron chi connectivity index (χ2n) is 2.56. The summed E-state index contributed by atoms with van der Waals surface area (Å²) in [5.41, 5.74) is 0. The number of fused-ring (bicyclic) bond motifs is 2. The Morgan fingerprint density at radius 1 is 1.50 bits per heavy atom. The van der Waals surface area contributed by atoms with Crippen LogP contribution in [0, 0.1) is 5.92 Å². The van der Waals surface area contributed by atoms with Crippen LogP contribution in [0.2, 0.25) is 0 Å². The van der Waals surface area contributed by atoms with Gasteiger partial charge in [-0.15, -0.1) is 0 Å². The molecule has 0 radical (unpaired) electrons. The van der Waals surface area contributed by atoms with E-state index in [9.17, 15) is 0 Å². The first kappa shape index (κ1) is 4.50. The maximum Gasteiger partial charge on any atom is 0.0990 e. The molecule has 3 aliphatic heterocycles. The molecule has 0 saturated carbocycles. The van der Waals surface area contributed by atoms with Gasteiger partial charge in [0, 0.05) is 18.7 Å². The molecular weight excluding hydrogens is 100 g/mol. The van der Waals surface area contributed by atoms with E-state index in [2.05, 4.69) is 16.5 Å². The van der Waals surface area contributed by atoms with Gasteiger partial charge in [-0.1, -0.05) is 0 Å². The van der Waals surface area contributed by atoms with Crippen molar-refractivity contribution in [2.45, 2.75) is 19.0 Å². The molecule has 44 valence electrons. The second kappa shape index (κ2) is 1.55. The molecule has 0 amide bonds. The number of hydrogen-bond acceptors (Lipinski definition) is 2. The average Bonchev–Trinajstić information content (AvgIpc) is 1.92. The van der Waals surface area contributed by atoms with Gasteiger partial charge in [-0.25, -0.2) is 0 Å². The first-order chi connectivity index (χ1) is 3.95. The number of nitrogens with one attached hydrogen (secondary N) is 1. The quantitative estimate of drug-likeness (QED) is 0.479. The lowest BCUT2D eigenvalue weighted by Crippen LogP contribution is -2.42. The van der Waals surface area contributed by atoms with Crippen LogP contribution in [0.15, 0.2) is 4.99 Å². The zero-order valence-corrected chi connectivity index (χ0v) is 4.80. The SMILES string of the molecule is C1=NC2CCC1CN2. The molecule has 0 aliphatic carbocycles.